The van der Waals surface area contributed by atoms with Crippen LogP contribution in [0, 0.1) is 10.8 Å². The molecule has 2 heteroatoms. The van der Waals surface area contributed by atoms with Crippen LogP contribution in [0.15, 0.2) is 0 Å². The summed E-state index contributed by atoms with van der Waals surface area (Å²) in [5.74, 6) is 0. The standard InChI is InChI=1S/C19H34N2/c1-2-8-18(7-1)11-13-21(14-12-18)16-19(9-3-4-10-19)15-20-17-5-6-17/h17,20H,1-16H2. The zero-order valence-corrected chi connectivity index (χ0v) is 13.8. The molecule has 4 aliphatic rings. The van der Waals surface area contributed by atoms with E-state index < -0.39 is 0 Å². The molecule has 0 unspecified atom stereocenters. The number of hydrogen-bond acceptors (Lipinski definition) is 2. The van der Waals surface area contributed by atoms with Crippen LogP contribution in [0.4, 0.5) is 0 Å². The summed E-state index contributed by atoms with van der Waals surface area (Å²) in [6.07, 6.45) is 17.9. The minimum absolute atomic E-state index is 0.628. The van der Waals surface area contributed by atoms with Crippen LogP contribution in [0.3, 0.4) is 0 Å². The van der Waals surface area contributed by atoms with Gasteiger partial charge in [0.2, 0.25) is 0 Å². The second-order valence-corrected chi connectivity index (χ2v) is 8.85. The molecule has 1 heterocycles. The summed E-state index contributed by atoms with van der Waals surface area (Å²) in [4.78, 5) is 2.84. The summed E-state index contributed by atoms with van der Waals surface area (Å²) in [7, 11) is 0. The fourth-order valence-corrected chi connectivity index (χ4v) is 5.45. The summed E-state index contributed by atoms with van der Waals surface area (Å²) < 4.78 is 0. The highest BCUT2D eigenvalue weighted by Crippen LogP contribution is 2.47. The van der Waals surface area contributed by atoms with E-state index in [-0.39, 0.29) is 0 Å². The molecule has 1 N–H and O–H groups in total. The average Bonchev–Trinajstić information content (AvgIpc) is 3.05. The van der Waals surface area contributed by atoms with Crippen LogP contribution < -0.4 is 5.32 Å². The minimum Gasteiger partial charge on any atom is -0.313 e. The predicted octanol–water partition coefficient (Wildman–Crippen LogP) is 3.96. The number of piperidine rings is 1. The second-order valence-electron chi connectivity index (χ2n) is 8.85. The monoisotopic (exact) mass is 290 g/mol. The first kappa shape index (κ1) is 14.5. The van der Waals surface area contributed by atoms with Gasteiger partial charge in [-0.1, -0.05) is 25.7 Å². The van der Waals surface area contributed by atoms with Crippen LogP contribution in [-0.2, 0) is 0 Å². The van der Waals surface area contributed by atoms with Crippen LogP contribution in [0.2, 0.25) is 0 Å². The molecule has 1 saturated heterocycles. The van der Waals surface area contributed by atoms with Crippen LogP contribution in [0.25, 0.3) is 0 Å². The van der Waals surface area contributed by atoms with E-state index in [2.05, 4.69) is 10.2 Å². The van der Waals surface area contributed by atoms with Crippen LogP contribution >= 0.6 is 0 Å². The fraction of sp³-hybridized carbons (Fsp3) is 1.00. The molecule has 2 nitrogen and oxygen atoms in total. The summed E-state index contributed by atoms with van der Waals surface area (Å²) in [5, 5.41) is 3.85. The zero-order chi connectivity index (χ0) is 14.2. The second kappa shape index (κ2) is 5.85. The normalized spacial score (nSPS) is 32.0. The van der Waals surface area contributed by atoms with Gasteiger partial charge in [0.05, 0.1) is 0 Å². The van der Waals surface area contributed by atoms with Crippen LogP contribution in [0.5, 0.6) is 0 Å². The van der Waals surface area contributed by atoms with Crippen molar-refractivity contribution in [2.75, 3.05) is 26.2 Å². The first-order valence-corrected chi connectivity index (χ1v) is 9.74. The van der Waals surface area contributed by atoms with E-state index >= 15 is 0 Å². The third-order valence-electron chi connectivity index (χ3n) is 7.15. The minimum atomic E-state index is 0.628. The molecule has 3 saturated carbocycles. The predicted molar refractivity (Wildman–Crippen MR) is 88.5 cm³/mol. The number of rotatable bonds is 5. The lowest BCUT2D eigenvalue weighted by Gasteiger charge is -2.43. The van der Waals surface area contributed by atoms with Crippen molar-refractivity contribution in [1.29, 1.82) is 0 Å². The fourth-order valence-electron chi connectivity index (χ4n) is 5.45. The van der Waals surface area contributed by atoms with Gasteiger partial charge in [-0.3, -0.25) is 0 Å². The van der Waals surface area contributed by atoms with Crippen molar-refractivity contribution < 1.29 is 0 Å². The SMILES string of the molecule is C1CCC2(C1)CCN(CC1(CNC3CC3)CCCC1)CC2. The Labute approximate surface area is 131 Å². The molecule has 1 spiro atoms. The van der Waals surface area contributed by atoms with Gasteiger partial charge in [-0.15, -0.1) is 0 Å². The summed E-state index contributed by atoms with van der Waals surface area (Å²) in [6, 6.07) is 0.880. The lowest BCUT2D eigenvalue weighted by molar-refractivity contribution is 0.0685. The Morgan fingerprint density at radius 1 is 0.810 bits per heavy atom. The van der Waals surface area contributed by atoms with Gasteiger partial charge < -0.3 is 10.2 Å². The van der Waals surface area contributed by atoms with Gasteiger partial charge in [-0.25, -0.2) is 0 Å². The number of nitrogens with one attached hydrogen (secondary N) is 1. The van der Waals surface area contributed by atoms with E-state index in [1.54, 1.807) is 0 Å². The third-order valence-corrected chi connectivity index (χ3v) is 7.15. The van der Waals surface area contributed by atoms with E-state index in [1.165, 1.54) is 103 Å². The number of hydrogen-bond donors (Lipinski definition) is 1. The molecule has 4 rings (SSSR count). The van der Waals surface area contributed by atoms with Crippen molar-refractivity contribution in [3.05, 3.63) is 0 Å². The van der Waals surface area contributed by atoms with Gasteiger partial charge in [-0.2, -0.15) is 0 Å². The molecule has 4 fully saturated rings. The Bertz CT molecular complexity index is 339. The topological polar surface area (TPSA) is 15.3 Å². The molecule has 0 amide bonds. The number of likely N-dealkylation sites (tertiary alicyclic amines) is 1. The van der Waals surface area contributed by atoms with Gasteiger partial charge >= 0.3 is 0 Å². The van der Waals surface area contributed by atoms with E-state index in [9.17, 15) is 0 Å². The van der Waals surface area contributed by atoms with E-state index in [1.807, 2.05) is 0 Å². The number of nitrogens with zero attached hydrogens (tertiary/aromatic N) is 1. The summed E-state index contributed by atoms with van der Waals surface area (Å²) in [6.45, 7) is 5.48. The maximum Gasteiger partial charge on any atom is 0.00684 e. The smallest absolute Gasteiger partial charge is 0.00684 e. The van der Waals surface area contributed by atoms with Gasteiger partial charge in [0.25, 0.3) is 0 Å². The van der Waals surface area contributed by atoms with Gasteiger partial charge in [0.15, 0.2) is 0 Å². The molecule has 0 atom stereocenters. The first-order chi connectivity index (χ1) is 10.3. The van der Waals surface area contributed by atoms with Crippen molar-refractivity contribution in [3.8, 4) is 0 Å². The molecule has 0 aromatic rings. The lowest BCUT2D eigenvalue weighted by Crippen LogP contribution is -2.47. The molecule has 1 aliphatic heterocycles. The Hall–Kier alpha value is -0.0800. The Morgan fingerprint density at radius 3 is 2.05 bits per heavy atom. The van der Waals surface area contributed by atoms with Gasteiger partial charge in [-0.05, 0) is 75.3 Å². The molecular formula is C19H34N2. The van der Waals surface area contributed by atoms with Crippen LogP contribution in [0.1, 0.15) is 77.0 Å². The highest BCUT2D eigenvalue weighted by atomic mass is 15.1. The molecular weight excluding hydrogens is 256 g/mol. The van der Waals surface area contributed by atoms with E-state index in [4.69, 9.17) is 0 Å². The van der Waals surface area contributed by atoms with Crippen molar-refractivity contribution in [3.63, 3.8) is 0 Å². The van der Waals surface area contributed by atoms with E-state index in [0.29, 0.717) is 5.41 Å². The zero-order valence-electron chi connectivity index (χ0n) is 13.8. The maximum atomic E-state index is 3.85. The Balaban J connectivity index is 1.31. The molecule has 21 heavy (non-hydrogen) atoms. The van der Waals surface area contributed by atoms with Gasteiger partial charge in [0.1, 0.15) is 0 Å². The van der Waals surface area contributed by atoms with Gasteiger partial charge in [0, 0.05) is 19.1 Å². The van der Waals surface area contributed by atoms with Crippen molar-refractivity contribution in [2.24, 2.45) is 10.8 Å². The molecule has 0 aromatic carbocycles. The first-order valence-electron chi connectivity index (χ1n) is 9.74. The third kappa shape index (κ3) is 3.32. The molecule has 0 aromatic heterocycles. The largest absolute Gasteiger partial charge is 0.313 e. The van der Waals surface area contributed by atoms with Crippen molar-refractivity contribution in [2.45, 2.75) is 83.1 Å². The molecule has 120 valence electrons. The molecule has 3 aliphatic carbocycles. The van der Waals surface area contributed by atoms with Crippen molar-refractivity contribution in [1.82, 2.24) is 10.2 Å². The summed E-state index contributed by atoms with van der Waals surface area (Å²) >= 11 is 0. The average molecular weight is 290 g/mol. The lowest BCUT2D eigenvalue weighted by atomic mass is 9.76. The van der Waals surface area contributed by atoms with Crippen LogP contribution in [-0.4, -0.2) is 37.1 Å². The molecule has 0 bridgehead atoms. The highest BCUT2D eigenvalue weighted by molar-refractivity contribution is 4.95. The quantitative estimate of drug-likeness (QED) is 0.824. The Morgan fingerprint density at radius 2 is 1.43 bits per heavy atom. The molecule has 0 radical (unpaired) electrons. The van der Waals surface area contributed by atoms with Crippen molar-refractivity contribution >= 4 is 0 Å². The van der Waals surface area contributed by atoms with E-state index in [0.717, 1.165) is 11.5 Å². The summed E-state index contributed by atoms with van der Waals surface area (Å²) in [5.41, 5.74) is 1.41. The highest BCUT2D eigenvalue weighted by Gasteiger charge is 2.41. The Kier molecular flexibility index (Phi) is 4.04. The maximum absolute atomic E-state index is 3.85.